The number of carbonyl (C=O) groups excluding carboxylic acids is 1. The lowest BCUT2D eigenvalue weighted by atomic mass is 10.1. The Hall–Kier alpha value is -2.11. The number of hydrogen-bond donors (Lipinski definition) is 0. The zero-order valence-electron chi connectivity index (χ0n) is 14.4. The molecule has 5 nitrogen and oxygen atoms in total. The molecule has 1 aliphatic carbocycles. The van der Waals surface area contributed by atoms with Crippen molar-refractivity contribution < 1.29 is 18.7 Å². The molecular weight excluding hydrogens is 318 g/mol. The van der Waals surface area contributed by atoms with E-state index < -0.39 is 0 Å². The van der Waals surface area contributed by atoms with E-state index in [4.69, 9.17) is 13.9 Å². The van der Waals surface area contributed by atoms with Gasteiger partial charge in [0.25, 0.3) is 5.91 Å². The molecule has 1 saturated heterocycles. The van der Waals surface area contributed by atoms with Crippen molar-refractivity contribution in [1.82, 2.24) is 4.90 Å². The molecule has 1 aromatic carbocycles. The van der Waals surface area contributed by atoms with Gasteiger partial charge in [-0.3, -0.25) is 4.79 Å². The molecular formula is C20H23NO4. The summed E-state index contributed by atoms with van der Waals surface area (Å²) in [6, 6.07) is 7.81. The SMILES string of the molecule is C=CCO[C@H]1CC[C@H]2[C@@H]1OCCN2C(=O)c1oc2ccccc2c1C. The summed E-state index contributed by atoms with van der Waals surface area (Å²) in [7, 11) is 0. The highest BCUT2D eigenvalue weighted by Crippen LogP contribution is 2.34. The van der Waals surface area contributed by atoms with Gasteiger partial charge in [-0.05, 0) is 25.8 Å². The summed E-state index contributed by atoms with van der Waals surface area (Å²) in [6.45, 7) is 7.27. The number of carbonyl (C=O) groups is 1. The normalized spacial score (nSPS) is 26.0. The first-order valence-corrected chi connectivity index (χ1v) is 8.84. The highest BCUT2D eigenvalue weighted by Gasteiger charge is 2.45. The van der Waals surface area contributed by atoms with Crippen molar-refractivity contribution in [1.29, 1.82) is 0 Å². The zero-order valence-corrected chi connectivity index (χ0v) is 14.4. The number of aryl methyl sites for hydroxylation is 1. The number of fused-ring (bicyclic) bond motifs is 2. The number of furan rings is 1. The van der Waals surface area contributed by atoms with Crippen LogP contribution in [-0.4, -0.2) is 48.8 Å². The van der Waals surface area contributed by atoms with E-state index in [1.54, 1.807) is 6.08 Å². The van der Waals surface area contributed by atoms with Crippen LogP contribution in [0.15, 0.2) is 41.3 Å². The Labute approximate surface area is 147 Å². The molecule has 132 valence electrons. The molecule has 0 unspecified atom stereocenters. The second kappa shape index (κ2) is 6.65. The van der Waals surface area contributed by atoms with Gasteiger partial charge in [-0.25, -0.2) is 0 Å². The number of hydrogen-bond acceptors (Lipinski definition) is 4. The monoisotopic (exact) mass is 341 g/mol. The van der Waals surface area contributed by atoms with Crippen molar-refractivity contribution in [2.75, 3.05) is 19.8 Å². The van der Waals surface area contributed by atoms with Gasteiger partial charge in [-0.15, -0.1) is 6.58 Å². The molecule has 2 heterocycles. The van der Waals surface area contributed by atoms with Crippen molar-refractivity contribution >= 4 is 16.9 Å². The quantitative estimate of drug-likeness (QED) is 0.801. The summed E-state index contributed by atoms with van der Waals surface area (Å²) >= 11 is 0. The van der Waals surface area contributed by atoms with E-state index in [-0.39, 0.29) is 24.2 Å². The van der Waals surface area contributed by atoms with Crippen molar-refractivity contribution in [2.45, 2.75) is 38.0 Å². The van der Waals surface area contributed by atoms with E-state index in [9.17, 15) is 4.79 Å². The number of benzene rings is 1. The molecule has 1 saturated carbocycles. The van der Waals surface area contributed by atoms with Crippen molar-refractivity contribution in [2.24, 2.45) is 0 Å². The summed E-state index contributed by atoms with van der Waals surface area (Å²) in [5.74, 6) is 0.397. The highest BCUT2D eigenvalue weighted by molar-refractivity contribution is 5.99. The molecule has 2 fully saturated rings. The van der Waals surface area contributed by atoms with Crippen LogP contribution in [0, 0.1) is 6.92 Å². The fourth-order valence-electron chi connectivity index (χ4n) is 4.05. The van der Waals surface area contributed by atoms with E-state index in [1.807, 2.05) is 36.1 Å². The maximum absolute atomic E-state index is 13.2. The predicted molar refractivity (Wildman–Crippen MR) is 94.7 cm³/mol. The Bertz CT molecular complexity index is 796. The first-order chi connectivity index (χ1) is 12.2. The number of rotatable bonds is 4. The smallest absolute Gasteiger partial charge is 0.290 e. The summed E-state index contributed by atoms with van der Waals surface area (Å²) in [5.41, 5.74) is 1.66. The zero-order chi connectivity index (χ0) is 17.4. The minimum Gasteiger partial charge on any atom is -0.451 e. The number of para-hydroxylation sites is 1. The Morgan fingerprint density at radius 1 is 1.40 bits per heavy atom. The molecule has 2 aromatic rings. The minimum absolute atomic E-state index is 0.0235. The van der Waals surface area contributed by atoms with E-state index in [0.717, 1.165) is 29.4 Å². The van der Waals surface area contributed by atoms with Crippen molar-refractivity contribution in [3.8, 4) is 0 Å². The van der Waals surface area contributed by atoms with Crippen LogP contribution >= 0.6 is 0 Å². The Morgan fingerprint density at radius 2 is 2.24 bits per heavy atom. The van der Waals surface area contributed by atoms with Crippen LogP contribution in [0.5, 0.6) is 0 Å². The fourth-order valence-corrected chi connectivity index (χ4v) is 4.05. The third-order valence-electron chi connectivity index (χ3n) is 5.26. The highest BCUT2D eigenvalue weighted by atomic mass is 16.5. The van der Waals surface area contributed by atoms with Crippen LogP contribution in [0.1, 0.15) is 29.0 Å². The van der Waals surface area contributed by atoms with Gasteiger partial charge in [0.1, 0.15) is 11.7 Å². The molecule has 0 radical (unpaired) electrons. The van der Waals surface area contributed by atoms with Crippen LogP contribution in [0.2, 0.25) is 0 Å². The molecule has 5 heteroatoms. The third-order valence-corrected chi connectivity index (χ3v) is 5.26. The first-order valence-electron chi connectivity index (χ1n) is 8.84. The third kappa shape index (κ3) is 2.77. The topological polar surface area (TPSA) is 51.9 Å². The molecule has 0 bridgehead atoms. The second-order valence-corrected chi connectivity index (χ2v) is 6.69. The van der Waals surface area contributed by atoms with Gasteiger partial charge >= 0.3 is 0 Å². The molecule has 3 atom stereocenters. The summed E-state index contributed by atoms with van der Waals surface area (Å²) < 4.78 is 17.6. The van der Waals surface area contributed by atoms with Gasteiger partial charge < -0.3 is 18.8 Å². The van der Waals surface area contributed by atoms with Crippen molar-refractivity contribution in [3.05, 3.63) is 48.2 Å². The number of ether oxygens (including phenoxy) is 2. The van der Waals surface area contributed by atoms with Gasteiger partial charge in [0, 0.05) is 17.5 Å². The van der Waals surface area contributed by atoms with Crippen LogP contribution in [-0.2, 0) is 9.47 Å². The standard InChI is InChI=1S/C20H23NO4/c1-3-11-23-17-9-8-15-19(17)24-12-10-21(15)20(22)18-13(2)14-6-4-5-7-16(14)25-18/h3-7,15,17,19H,1,8-12H2,2H3/t15-,17-,19-/m0/s1. The summed E-state index contributed by atoms with van der Waals surface area (Å²) in [5, 5.41) is 0.995. The second-order valence-electron chi connectivity index (χ2n) is 6.69. The van der Waals surface area contributed by atoms with Gasteiger partial charge in [-0.2, -0.15) is 0 Å². The van der Waals surface area contributed by atoms with E-state index in [1.165, 1.54) is 0 Å². The molecule has 1 aromatic heterocycles. The van der Waals surface area contributed by atoms with Gasteiger partial charge in [0.15, 0.2) is 5.76 Å². The predicted octanol–water partition coefficient (Wildman–Crippen LogP) is 3.32. The lowest BCUT2D eigenvalue weighted by Gasteiger charge is -2.38. The summed E-state index contributed by atoms with van der Waals surface area (Å²) in [4.78, 5) is 15.1. The Balaban J connectivity index is 1.59. The van der Waals surface area contributed by atoms with Crippen molar-refractivity contribution in [3.63, 3.8) is 0 Å². The van der Waals surface area contributed by atoms with Gasteiger partial charge in [0.05, 0.1) is 25.4 Å². The molecule has 4 rings (SSSR count). The Kier molecular flexibility index (Phi) is 4.36. The maximum atomic E-state index is 13.2. The lowest BCUT2D eigenvalue weighted by molar-refractivity contribution is -0.100. The number of amides is 1. The van der Waals surface area contributed by atoms with E-state index in [0.29, 0.717) is 25.5 Å². The molecule has 0 spiro atoms. The number of morpholine rings is 1. The maximum Gasteiger partial charge on any atom is 0.290 e. The van der Waals surface area contributed by atoms with Crippen LogP contribution in [0.3, 0.4) is 0 Å². The minimum atomic E-state index is -0.0673. The molecule has 1 amide bonds. The van der Waals surface area contributed by atoms with Gasteiger partial charge in [-0.1, -0.05) is 24.3 Å². The Morgan fingerprint density at radius 3 is 3.04 bits per heavy atom. The molecule has 0 N–H and O–H groups in total. The van der Waals surface area contributed by atoms with Gasteiger partial charge in [0.2, 0.25) is 0 Å². The molecule has 1 aliphatic heterocycles. The molecule has 25 heavy (non-hydrogen) atoms. The molecule has 2 aliphatic rings. The average Bonchev–Trinajstić information content (AvgIpc) is 3.21. The average molecular weight is 341 g/mol. The largest absolute Gasteiger partial charge is 0.451 e. The van der Waals surface area contributed by atoms with E-state index >= 15 is 0 Å². The van der Waals surface area contributed by atoms with Crippen LogP contribution in [0.4, 0.5) is 0 Å². The lowest BCUT2D eigenvalue weighted by Crippen LogP contribution is -2.54. The van der Waals surface area contributed by atoms with Crippen LogP contribution in [0.25, 0.3) is 11.0 Å². The van der Waals surface area contributed by atoms with Crippen LogP contribution < -0.4 is 0 Å². The fraction of sp³-hybridized carbons (Fsp3) is 0.450. The first kappa shape index (κ1) is 16.4. The van der Waals surface area contributed by atoms with E-state index in [2.05, 4.69) is 6.58 Å². The summed E-state index contributed by atoms with van der Waals surface area (Å²) in [6.07, 6.45) is 3.48. The number of nitrogens with zero attached hydrogens (tertiary/aromatic N) is 1.